The van der Waals surface area contributed by atoms with E-state index in [1.54, 1.807) is 18.0 Å². The summed E-state index contributed by atoms with van der Waals surface area (Å²) in [6.45, 7) is 0. The highest BCUT2D eigenvalue weighted by molar-refractivity contribution is 7.99. The van der Waals surface area contributed by atoms with Crippen LogP contribution in [-0.4, -0.2) is 22.7 Å². The van der Waals surface area contributed by atoms with Crippen LogP contribution in [0, 0.1) is 0 Å². The largest absolute Gasteiger partial charge is 0.290 e. The summed E-state index contributed by atoms with van der Waals surface area (Å²) in [7, 11) is 0. The van der Waals surface area contributed by atoms with Crippen LogP contribution < -0.4 is 16.2 Å². The maximum absolute atomic E-state index is 12.4. The fourth-order valence-electron chi connectivity index (χ4n) is 2.22. The van der Waals surface area contributed by atoms with Gasteiger partial charge in [0.1, 0.15) is 0 Å². The number of para-hydroxylation sites is 1. The Morgan fingerprint density at radius 1 is 1.29 bits per heavy atom. The van der Waals surface area contributed by atoms with Gasteiger partial charge in [-0.2, -0.15) is 0 Å². The first-order chi connectivity index (χ1) is 10.3. The van der Waals surface area contributed by atoms with E-state index in [1.807, 2.05) is 48.7 Å². The lowest BCUT2D eigenvalue weighted by atomic mass is 10.2. The molecule has 2 unspecified atom stereocenters. The molecule has 6 heteroatoms. The van der Waals surface area contributed by atoms with Crippen LogP contribution in [0.15, 0.2) is 54.9 Å². The second-order valence-corrected chi connectivity index (χ2v) is 5.90. The second kappa shape index (κ2) is 6.26. The zero-order valence-corrected chi connectivity index (χ0v) is 12.2. The van der Waals surface area contributed by atoms with Gasteiger partial charge in [0.25, 0.3) is 5.91 Å². The highest BCUT2D eigenvalue weighted by atomic mass is 32.2. The van der Waals surface area contributed by atoms with Gasteiger partial charge < -0.3 is 0 Å². The zero-order chi connectivity index (χ0) is 14.7. The number of carbonyl (C=O) groups excluding carboxylic acids is 1. The number of hydrogen-bond acceptors (Lipinski definition) is 5. The number of hydrogen-bond donors (Lipinski definition) is 2. The molecule has 3 rings (SSSR count). The Labute approximate surface area is 127 Å². The van der Waals surface area contributed by atoms with Crippen LogP contribution in [0.2, 0.25) is 0 Å². The van der Waals surface area contributed by atoms with Crippen LogP contribution in [0.3, 0.4) is 0 Å². The van der Waals surface area contributed by atoms with Crippen molar-refractivity contribution in [3.05, 3.63) is 60.4 Å². The van der Waals surface area contributed by atoms with Crippen molar-refractivity contribution in [1.82, 2.24) is 10.3 Å². The van der Waals surface area contributed by atoms with Crippen LogP contribution >= 0.6 is 11.8 Å². The summed E-state index contributed by atoms with van der Waals surface area (Å²) in [5, 5.41) is 4.60. The summed E-state index contributed by atoms with van der Waals surface area (Å²) in [6.07, 6.45) is 3.55. The Bertz CT molecular complexity index is 608. The molecule has 1 saturated heterocycles. The number of nitrogens with zero attached hydrogens (tertiary/aromatic N) is 2. The lowest BCUT2D eigenvalue weighted by Gasteiger charge is -2.20. The number of hydrazine groups is 1. The Morgan fingerprint density at radius 2 is 2.10 bits per heavy atom. The molecule has 1 aliphatic rings. The summed E-state index contributed by atoms with van der Waals surface area (Å²) in [5.41, 5.74) is 1.76. The van der Waals surface area contributed by atoms with Gasteiger partial charge in [-0.15, -0.1) is 11.8 Å². The average Bonchev–Trinajstić information content (AvgIpc) is 3.05. The molecule has 0 spiro atoms. The van der Waals surface area contributed by atoms with E-state index in [2.05, 4.69) is 10.3 Å². The van der Waals surface area contributed by atoms with Gasteiger partial charge in [-0.3, -0.25) is 15.1 Å². The molecule has 108 valence electrons. The highest BCUT2D eigenvalue weighted by Crippen LogP contribution is 2.32. The monoisotopic (exact) mass is 300 g/mol. The van der Waals surface area contributed by atoms with Gasteiger partial charge in [0.2, 0.25) is 0 Å². The molecule has 1 amide bonds. The maximum atomic E-state index is 12.4. The number of amides is 1. The smallest absolute Gasteiger partial charge is 0.259 e. The van der Waals surface area contributed by atoms with Gasteiger partial charge in [0, 0.05) is 18.1 Å². The molecular weight excluding hydrogens is 284 g/mol. The van der Waals surface area contributed by atoms with E-state index in [0.29, 0.717) is 11.4 Å². The first-order valence-electron chi connectivity index (χ1n) is 6.67. The first-order valence-corrected chi connectivity index (χ1v) is 7.72. The number of pyridine rings is 1. The first kappa shape index (κ1) is 14.1. The minimum absolute atomic E-state index is 0.0804. The van der Waals surface area contributed by atoms with E-state index >= 15 is 0 Å². The van der Waals surface area contributed by atoms with Gasteiger partial charge in [0.15, 0.2) is 0 Å². The van der Waals surface area contributed by atoms with Crippen LogP contribution in [0.1, 0.15) is 10.9 Å². The molecule has 1 aromatic heterocycles. The molecular formula is C15H16N4OS. The van der Waals surface area contributed by atoms with Crippen molar-refractivity contribution >= 4 is 23.4 Å². The lowest BCUT2D eigenvalue weighted by molar-refractivity contribution is -0.120. The Hall–Kier alpha value is -1.89. The molecule has 0 radical (unpaired) electrons. The molecule has 1 aromatic carbocycles. The SMILES string of the molecule is NN(C(=O)C1CSC(c2cccnc2)N1)c1ccccc1. The quantitative estimate of drug-likeness (QED) is 0.513. The molecule has 2 aromatic rings. The predicted molar refractivity (Wildman–Crippen MR) is 84.5 cm³/mol. The molecule has 0 saturated carbocycles. The topological polar surface area (TPSA) is 71.2 Å². The summed E-state index contributed by atoms with van der Waals surface area (Å²) in [6, 6.07) is 12.9. The van der Waals surface area contributed by atoms with E-state index < -0.39 is 0 Å². The minimum Gasteiger partial charge on any atom is -0.290 e. The Balaban J connectivity index is 1.67. The van der Waals surface area contributed by atoms with Gasteiger partial charge in [-0.1, -0.05) is 24.3 Å². The zero-order valence-electron chi connectivity index (χ0n) is 11.3. The predicted octanol–water partition coefficient (Wildman–Crippen LogP) is 1.69. The normalized spacial score (nSPS) is 21.2. The number of rotatable bonds is 3. The number of thioether (sulfide) groups is 1. The van der Waals surface area contributed by atoms with E-state index in [4.69, 9.17) is 5.84 Å². The second-order valence-electron chi connectivity index (χ2n) is 4.76. The Kier molecular flexibility index (Phi) is 4.19. The molecule has 3 N–H and O–H groups in total. The molecule has 2 atom stereocenters. The fraction of sp³-hybridized carbons (Fsp3) is 0.200. The van der Waals surface area contributed by atoms with Crippen LogP contribution in [-0.2, 0) is 4.79 Å². The van der Waals surface area contributed by atoms with Crippen LogP contribution in [0.4, 0.5) is 5.69 Å². The number of anilines is 1. The van der Waals surface area contributed by atoms with Gasteiger partial charge in [-0.25, -0.2) is 10.9 Å². The number of carbonyl (C=O) groups is 1. The number of benzene rings is 1. The van der Waals surface area contributed by atoms with Gasteiger partial charge in [0.05, 0.1) is 17.1 Å². The molecule has 1 aliphatic heterocycles. The summed E-state index contributed by atoms with van der Waals surface area (Å²) in [4.78, 5) is 16.5. The van der Waals surface area contributed by atoms with Crippen molar-refractivity contribution in [1.29, 1.82) is 0 Å². The van der Waals surface area contributed by atoms with Crippen molar-refractivity contribution in [2.75, 3.05) is 10.8 Å². The average molecular weight is 300 g/mol. The van der Waals surface area contributed by atoms with E-state index in [-0.39, 0.29) is 17.3 Å². The molecule has 5 nitrogen and oxygen atoms in total. The van der Waals surface area contributed by atoms with Crippen LogP contribution in [0.25, 0.3) is 0 Å². The molecule has 0 aliphatic carbocycles. The number of aromatic nitrogens is 1. The highest BCUT2D eigenvalue weighted by Gasteiger charge is 2.33. The number of nitrogens with two attached hydrogens (primary N) is 1. The van der Waals surface area contributed by atoms with Crippen molar-refractivity contribution in [3.8, 4) is 0 Å². The number of nitrogens with one attached hydrogen (secondary N) is 1. The van der Waals surface area contributed by atoms with E-state index in [9.17, 15) is 4.79 Å². The van der Waals surface area contributed by atoms with Crippen LogP contribution in [0.5, 0.6) is 0 Å². The van der Waals surface area contributed by atoms with Crippen molar-refractivity contribution < 1.29 is 4.79 Å². The summed E-state index contributed by atoms with van der Waals surface area (Å²) in [5.74, 6) is 6.49. The van der Waals surface area contributed by atoms with Crippen molar-refractivity contribution in [2.24, 2.45) is 5.84 Å². The summed E-state index contributed by atoms with van der Waals surface area (Å²) < 4.78 is 0. The minimum atomic E-state index is -0.287. The Morgan fingerprint density at radius 3 is 2.81 bits per heavy atom. The summed E-state index contributed by atoms with van der Waals surface area (Å²) >= 11 is 1.69. The molecule has 2 heterocycles. The third kappa shape index (κ3) is 3.07. The van der Waals surface area contributed by atoms with Crippen molar-refractivity contribution in [2.45, 2.75) is 11.4 Å². The molecule has 0 bridgehead atoms. The lowest BCUT2D eigenvalue weighted by Crippen LogP contribution is -2.49. The maximum Gasteiger partial charge on any atom is 0.259 e. The van der Waals surface area contributed by atoms with E-state index in [1.165, 1.54) is 5.01 Å². The molecule has 21 heavy (non-hydrogen) atoms. The fourth-order valence-corrected chi connectivity index (χ4v) is 3.44. The molecule has 1 fully saturated rings. The van der Waals surface area contributed by atoms with Gasteiger partial charge >= 0.3 is 0 Å². The standard InChI is InChI=1S/C15H16N4OS/c16-19(12-6-2-1-3-7-12)15(20)13-10-21-14(18-13)11-5-4-8-17-9-11/h1-9,13-14,18H,10,16H2. The third-order valence-electron chi connectivity index (χ3n) is 3.34. The third-order valence-corrected chi connectivity index (χ3v) is 4.61. The van der Waals surface area contributed by atoms with Gasteiger partial charge in [-0.05, 0) is 23.8 Å². The van der Waals surface area contributed by atoms with Crippen molar-refractivity contribution in [3.63, 3.8) is 0 Å². The van der Waals surface area contributed by atoms with E-state index in [0.717, 1.165) is 5.56 Å².